The molecule has 2 N–H and O–H groups in total. The highest BCUT2D eigenvalue weighted by Gasteiger charge is 2.45. The molecule has 0 radical (unpaired) electrons. The third-order valence-electron chi connectivity index (χ3n) is 3.61. The van der Waals surface area contributed by atoms with Crippen molar-refractivity contribution >= 4 is 17.7 Å². The Balaban J connectivity index is 2.11. The lowest BCUT2D eigenvalue weighted by Crippen LogP contribution is -2.43. The molecule has 20 heavy (non-hydrogen) atoms. The highest BCUT2D eigenvalue weighted by Crippen LogP contribution is 2.45. The standard InChI is InChI=1S/C16H23NO2S/c1-10(2)9-11-5-7-12(8-6-11)14-17-13(15(18)19)16(3,4)20-14/h5-8,10,13-14,17H,9H2,1-4H3,(H,18,19)/t13-,14-/m1/s1. The lowest BCUT2D eigenvalue weighted by atomic mass is 10.0. The molecule has 1 aliphatic heterocycles. The van der Waals surface area contributed by atoms with E-state index in [1.807, 2.05) is 13.8 Å². The Morgan fingerprint density at radius 2 is 1.95 bits per heavy atom. The summed E-state index contributed by atoms with van der Waals surface area (Å²) in [5.41, 5.74) is 2.49. The molecule has 0 aromatic heterocycles. The summed E-state index contributed by atoms with van der Waals surface area (Å²) in [5.74, 6) is -0.128. The van der Waals surface area contributed by atoms with Crippen LogP contribution in [-0.4, -0.2) is 21.9 Å². The van der Waals surface area contributed by atoms with Gasteiger partial charge in [0.05, 0.1) is 5.37 Å². The van der Waals surface area contributed by atoms with E-state index >= 15 is 0 Å². The lowest BCUT2D eigenvalue weighted by molar-refractivity contribution is -0.139. The Morgan fingerprint density at radius 3 is 2.40 bits per heavy atom. The molecule has 1 aromatic carbocycles. The minimum atomic E-state index is -0.776. The van der Waals surface area contributed by atoms with Crippen molar-refractivity contribution in [3.8, 4) is 0 Å². The summed E-state index contributed by atoms with van der Waals surface area (Å²) < 4.78 is -0.299. The Morgan fingerprint density at radius 1 is 1.35 bits per heavy atom. The van der Waals surface area contributed by atoms with Gasteiger partial charge in [0.1, 0.15) is 6.04 Å². The Kier molecular flexibility index (Phi) is 4.45. The Bertz CT molecular complexity index is 482. The molecule has 1 saturated heterocycles. The number of benzene rings is 1. The van der Waals surface area contributed by atoms with Gasteiger partial charge < -0.3 is 5.11 Å². The van der Waals surface area contributed by atoms with Crippen molar-refractivity contribution < 1.29 is 9.90 Å². The third-order valence-corrected chi connectivity index (χ3v) is 5.10. The fraction of sp³-hybridized carbons (Fsp3) is 0.562. The summed E-state index contributed by atoms with van der Waals surface area (Å²) in [6.45, 7) is 8.39. The molecule has 0 unspecified atom stereocenters. The summed E-state index contributed by atoms with van der Waals surface area (Å²) in [6, 6.07) is 8.02. The second-order valence-corrected chi connectivity index (χ2v) is 8.14. The van der Waals surface area contributed by atoms with Gasteiger partial charge in [0, 0.05) is 4.75 Å². The monoisotopic (exact) mass is 293 g/mol. The first-order valence-electron chi connectivity index (χ1n) is 7.05. The van der Waals surface area contributed by atoms with Gasteiger partial charge in [0.25, 0.3) is 0 Å². The van der Waals surface area contributed by atoms with Crippen molar-refractivity contribution in [3.63, 3.8) is 0 Å². The SMILES string of the molecule is CC(C)Cc1ccc([C@@H]2N[C@H](C(=O)O)C(C)(C)S2)cc1. The van der Waals surface area contributed by atoms with Crippen LogP contribution in [-0.2, 0) is 11.2 Å². The first-order chi connectivity index (χ1) is 9.29. The molecule has 1 fully saturated rings. The Labute approximate surface area is 125 Å². The number of carbonyl (C=O) groups is 1. The minimum absolute atomic E-state index is 0.0548. The smallest absolute Gasteiger partial charge is 0.322 e. The van der Waals surface area contributed by atoms with Gasteiger partial charge in [0.15, 0.2) is 0 Å². The molecular formula is C16H23NO2S. The van der Waals surface area contributed by atoms with Gasteiger partial charge in [-0.1, -0.05) is 38.1 Å². The molecule has 4 heteroatoms. The number of nitrogens with one attached hydrogen (secondary N) is 1. The van der Waals surface area contributed by atoms with Gasteiger partial charge in [-0.2, -0.15) is 0 Å². The van der Waals surface area contributed by atoms with Gasteiger partial charge in [-0.15, -0.1) is 11.8 Å². The normalized spacial score (nSPS) is 25.1. The molecule has 2 rings (SSSR count). The van der Waals surface area contributed by atoms with Crippen LogP contribution in [0.15, 0.2) is 24.3 Å². The van der Waals surface area contributed by atoms with Crippen LogP contribution in [0.4, 0.5) is 0 Å². The molecule has 0 bridgehead atoms. The van der Waals surface area contributed by atoms with E-state index in [9.17, 15) is 9.90 Å². The van der Waals surface area contributed by atoms with Crippen molar-refractivity contribution in [2.45, 2.75) is 50.3 Å². The van der Waals surface area contributed by atoms with E-state index < -0.39 is 12.0 Å². The van der Waals surface area contributed by atoms with Crippen LogP contribution >= 0.6 is 11.8 Å². The van der Waals surface area contributed by atoms with E-state index in [0.717, 1.165) is 12.0 Å². The zero-order valence-electron chi connectivity index (χ0n) is 12.5. The molecule has 0 spiro atoms. The molecule has 110 valence electrons. The average Bonchev–Trinajstić information content (AvgIpc) is 2.65. The van der Waals surface area contributed by atoms with Crippen molar-refractivity contribution in [1.82, 2.24) is 5.32 Å². The highest BCUT2D eigenvalue weighted by atomic mass is 32.2. The predicted octanol–water partition coefficient (Wildman–Crippen LogP) is 3.45. The number of carboxylic acids is 1. The molecule has 3 nitrogen and oxygen atoms in total. The van der Waals surface area contributed by atoms with E-state index in [2.05, 4.69) is 43.4 Å². The fourth-order valence-electron chi connectivity index (χ4n) is 2.59. The number of thioether (sulfide) groups is 1. The molecule has 0 amide bonds. The molecule has 1 aliphatic rings. The van der Waals surface area contributed by atoms with Gasteiger partial charge in [-0.3, -0.25) is 10.1 Å². The van der Waals surface area contributed by atoms with Crippen molar-refractivity contribution in [3.05, 3.63) is 35.4 Å². The van der Waals surface area contributed by atoms with Crippen LogP contribution in [0.2, 0.25) is 0 Å². The summed E-state index contributed by atoms with van der Waals surface area (Å²) in [7, 11) is 0. The zero-order chi connectivity index (χ0) is 14.9. The summed E-state index contributed by atoms with van der Waals surface area (Å²) in [6.07, 6.45) is 1.08. The quantitative estimate of drug-likeness (QED) is 0.892. The number of rotatable bonds is 4. The third kappa shape index (κ3) is 3.36. The first kappa shape index (κ1) is 15.4. The van der Waals surface area contributed by atoms with Gasteiger partial charge >= 0.3 is 5.97 Å². The summed E-state index contributed by atoms with van der Waals surface area (Å²) in [5, 5.41) is 12.6. The van der Waals surface area contributed by atoms with Gasteiger partial charge in [-0.05, 0) is 37.3 Å². The molecule has 0 saturated carbocycles. The average molecular weight is 293 g/mol. The molecule has 1 heterocycles. The number of hydrogen-bond donors (Lipinski definition) is 2. The van der Waals surface area contributed by atoms with Crippen LogP contribution in [0.3, 0.4) is 0 Å². The number of carboxylic acid groups (broad SMARTS) is 1. The lowest BCUT2D eigenvalue weighted by Gasteiger charge is -2.20. The van der Waals surface area contributed by atoms with Crippen molar-refractivity contribution in [2.24, 2.45) is 5.92 Å². The molecular weight excluding hydrogens is 270 g/mol. The highest BCUT2D eigenvalue weighted by molar-refractivity contribution is 8.01. The van der Waals surface area contributed by atoms with Crippen molar-refractivity contribution in [1.29, 1.82) is 0 Å². The summed E-state index contributed by atoms with van der Waals surface area (Å²) >= 11 is 1.69. The van der Waals surface area contributed by atoms with Crippen molar-refractivity contribution in [2.75, 3.05) is 0 Å². The van der Waals surface area contributed by atoms with E-state index in [-0.39, 0.29) is 10.1 Å². The minimum Gasteiger partial charge on any atom is -0.480 e. The second kappa shape index (κ2) is 5.78. The van der Waals surface area contributed by atoms with E-state index in [4.69, 9.17) is 0 Å². The van der Waals surface area contributed by atoms with Crippen LogP contribution < -0.4 is 5.32 Å². The van der Waals surface area contributed by atoms with E-state index in [1.54, 1.807) is 11.8 Å². The molecule has 1 aromatic rings. The summed E-state index contributed by atoms with van der Waals surface area (Å²) in [4.78, 5) is 11.3. The first-order valence-corrected chi connectivity index (χ1v) is 7.93. The number of aliphatic carboxylic acids is 1. The maximum atomic E-state index is 11.3. The second-order valence-electron chi connectivity index (χ2n) is 6.38. The maximum absolute atomic E-state index is 11.3. The van der Waals surface area contributed by atoms with Gasteiger partial charge in [0.2, 0.25) is 0 Å². The predicted molar refractivity (Wildman–Crippen MR) is 84.0 cm³/mol. The Hall–Kier alpha value is -1.00. The van der Waals surface area contributed by atoms with Crippen LogP contribution in [0.25, 0.3) is 0 Å². The number of hydrogen-bond acceptors (Lipinski definition) is 3. The van der Waals surface area contributed by atoms with Crippen LogP contribution in [0.1, 0.15) is 44.2 Å². The zero-order valence-corrected chi connectivity index (χ0v) is 13.3. The molecule has 2 atom stereocenters. The van der Waals surface area contributed by atoms with Gasteiger partial charge in [-0.25, -0.2) is 0 Å². The maximum Gasteiger partial charge on any atom is 0.322 e. The largest absolute Gasteiger partial charge is 0.480 e. The topological polar surface area (TPSA) is 49.3 Å². The molecule has 0 aliphatic carbocycles. The fourth-order valence-corrected chi connectivity index (χ4v) is 4.00. The van der Waals surface area contributed by atoms with Crippen LogP contribution in [0.5, 0.6) is 0 Å². The van der Waals surface area contributed by atoms with E-state index in [1.165, 1.54) is 5.56 Å². The van der Waals surface area contributed by atoms with E-state index in [0.29, 0.717) is 5.92 Å². The van der Waals surface area contributed by atoms with Crippen LogP contribution in [0, 0.1) is 5.92 Å².